The van der Waals surface area contributed by atoms with Gasteiger partial charge >= 0.3 is 0 Å². The molecule has 2 aliphatic rings. The number of aryl methyl sites for hydroxylation is 1. The lowest BCUT2D eigenvalue weighted by Gasteiger charge is -2.16. The van der Waals surface area contributed by atoms with Crippen LogP contribution in [0.4, 0.5) is 0 Å². The summed E-state index contributed by atoms with van der Waals surface area (Å²) >= 11 is 0. The zero-order chi connectivity index (χ0) is 24.5. The van der Waals surface area contributed by atoms with Gasteiger partial charge in [-0.1, -0.05) is 72.3 Å². The zero-order valence-electron chi connectivity index (χ0n) is 20.7. The number of allylic oxidation sites excluding steroid dienone is 4. The molecule has 5 nitrogen and oxygen atoms in total. The highest BCUT2D eigenvalue weighted by atomic mass is 16.5. The monoisotopic (exact) mass is 468 g/mol. The molecule has 0 aliphatic heterocycles. The van der Waals surface area contributed by atoms with E-state index in [9.17, 15) is 0 Å². The molecule has 0 aromatic heterocycles. The molecule has 1 fully saturated rings. The minimum atomic E-state index is -0.126. The fourth-order valence-electron chi connectivity index (χ4n) is 4.39. The molecule has 4 rings (SSSR count). The number of nitrogens with two attached hydrogens (primary N) is 1. The summed E-state index contributed by atoms with van der Waals surface area (Å²) in [6.07, 6.45) is 13.1. The van der Waals surface area contributed by atoms with Crippen molar-refractivity contribution in [3.63, 3.8) is 0 Å². The van der Waals surface area contributed by atoms with Gasteiger partial charge in [0.25, 0.3) is 0 Å². The predicted molar refractivity (Wildman–Crippen MR) is 146 cm³/mol. The second-order valence-electron chi connectivity index (χ2n) is 9.29. The summed E-state index contributed by atoms with van der Waals surface area (Å²) in [5, 5.41) is 3.36. The minimum Gasteiger partial charge on any atom is -0.368 e. The first-order valence-corrected chi connectivity index (χ1v) is 12.4. The molecular formula is C30H36N4O. The zero-order valence-corrected chi connectivity index (χ0v) is 20.7. The van der Waals surface area contributed by atoms with Gasteiger partial charge in [0.1, 0.15) is 13.0 Å². The molecule has 0 bridgehead atoms. The Kier molecular flexibility index (Phi) is 8.82. The van der Waals surface area contributed by atoms with Crippen molar-refractivity contribution >= 4 is 12.1 Å². The number of hydrogen-bond donors (Lipinski definition) is 2. The first-order chi connectivity index (χ1) is 17.1. The molecule has 2 aromatic carbocycles. The Bertz CT molecular complexity index is 1110. The lowest BCUT2D eigenvalue weighted by Crippen LogP contribution is -2.23. The molecule has 0 heterocycles. The fourth-order valence-corrected chi connectivity index (χ4v) is 4.39. The molecule has 2 aliphatic carbocycles. The second-order valence-corrected chi connectivity index (χ2v) is 9.29. The van der Waals surface area contributed by atoms with Gasteiger partial charge in [0.15, 0.2) is 0 Å². The van der Waals surface area contributed by atoms with Crippen molar-refractivity contribution in [2.45, 2.75) is 51.9 Å². The maximum atomic E-state index is 6.21. The number of rotatable bonds is 10. The van der Waals surface area contributed by atoms with E-state index in [0.29, 0.717) is 19.2 Å². The van der Waals surface area contributed by atoms with Crippen molar-refractivity contribution in [1.82, 2.24) is 5.32 Å². The van der Waals surface area contributed by atoms with Crippen LogP contribution in [-0.4, -0.2) is 30.9 Å². The van der Waals surface area contributed by atoms with Crippen molar-refractivity contribution in [2.75, 3.05) is 6.67 Å². The highest BCUT2D eigenvalue weighted by Gasteiger charge is 2.26. The summed E-state index contributed by atoms with van der Waals surface area (Å²) in [5.74, 6) is 0.468. The molecule has 182 valence electrons. The topological polar surface area (TPSA) is 72.0 Å². The van der Waals surface area contributed by atoms with E-state index in [1.807, 2.05) is 18.2 Å². The summed E-state index contributed by atoms with van der Waals surface area (Å²) in [7, 11) is 0. The lowest BCUT2D eigenvalue weighted by atomic mass is 10.0. The van der Waals surface area contributed by atoms with E-state index < -0.39 is 0 Å². The van der Waals surface area contributed by atoms with Crippen LogP contribution in [0.5, 0.6) is 0 Å². The van der Waals surface area contributed by atoms with E-state index in [2.05, 4.69) is 84.9 Å². The van der Waals surface area contributed by atoms with Crippen molar-refractivity contribution in [3.8, 4) is 0 Å². The van der Waals surface area contributed by atoms with Crippen LogP contribution in [0.25, 0.3) is 0 Å². The highest BCUT2D eigenvalue weighted by molar-refractivity contribution is 5.95. The Morgan fingerprint density at radius 1 is 1.09 bits per heavy atom. The Balaban J connectivity index is 1.37. The van der Waals surface area contributed by atoms with Crippen LogP contribution < -0.4 is 11.1 Å². The van der Waals surface area contributed by atoms with Crippen molar-refractivity contribution < 1.29 is 4.74 Å². The summed E-state index contributed by atoms with van der Waals surface area (Å²) in [4.78, 5) is 9.19. The molecule has 5 heteroatoms. The quantitative estimate of drug-likeness (QED) is 0.368. The van der Waals surface area contributed by atoms with E-state index in [1.165, 1.54) is 16.7 Å². The molecule has 3 N–H and O–H groups in total. The third-order valence-electron chi connectivity index (χ3n) is 6.61. The lowest BCUT2D eigenvalue weighted by molar-refractivity contribution is 0.0952. The van der Waals surface area contributed by atoms with Crippen molar-refractivity contribution in [2.24, 2.45) is 21.6 Å². The molecular weight excluding hydrogens is 432 g/mol. The minimum absolute atomic E-state index is 0.126. The van der Waals surface area contributed by atoms with Crippen molar-refractivity contribution in [1.29, 1.82) is 0 Å². The number of ether oxygens (including phenoxy) is 1. The smallest absolute Gasteiger partial charge is 0.112 e. The number of aliphatic imine (C=N–C) groups is 2. The normalized spacial score (nSPS) is 20.8. The van der Waals surface area contributed by atoms with Crippen molar-refractivity contribution in [3.05, 3.63) is 107 Å². The van der Waals surface area contributed by atoms with E-state index in [4.69, 9.17) is 15.5 Å². The predicted octanol–water partition coefficient (Wildman–Crippen LogP) is 5.28. The number of fused-ring (bicyclic) bond motifs is 1. The fraction of sp³-hybridized carbons (Fsp3) is 0.333. The van der Waals surface area contributed by atoms with Crippen LogP contribution >= 0.6 is 0 Å². The van der Waals surface area contributed by atoms with E-state index in [0.717, 1.165) is 36.2 Å². The molecule has 0 saturated heterocycles. The third kappa shape index (κ3) is 7.35. The summed E-state index contributed by atoms with van der Waals surface area (Å²) in [5.41, 5.74) is 13.1. The van der Waals surface area contributed by atoms with E-state index in [-0.39, 0.29) is 12.1 Å². The molecule has 1 saturated carbocycles. The second kappa shape index (κ2) is 12.4. The van der Waals surface area contributed by atoms with Gasteiger partial charge in [0.2, 0.25) is 0 Å². The first-order valence-electron chi connectivity index (χ1n) is 12.4. The van der Waals surface area contributed by atoms with E-state index >= 15 is 0 Å². The molecule has 0 radical (unpaired) electrons. The van der Waals surface area contributed by atoms with Gasteiger partial charge in [0.05, 0.1) is 18.4 Å². The molecule has 3 unspecified atom stereocenters. The maximum Gasteiger partial charge on any atom is 0.112 e. The maximum absolute atomic E-state index is 6.21. The van der Waals surface area contributed by atoms with Gasteiger partial charge in [-0.15, -0.1) is 0 Å². The van der Waals surface area contributed by atoms with Crippen LogP contribution in [0.2, 0.25) is 0 Å². The average molecular weight is 469 g/mol. The SMILES string of the molecule is Cc1ccc(CC(=N/C=N\CNC2=CC=C3C(N)CCC3C=C2)C(C)OCc2ccccc2)cc1. The Morgan fingerprint density at radius 2 is 1.89 bits per heavy atom. The number of nitrogens with zero attached hydrogens (tertiary/aromatic N) is 2. The molecule has 35 heavy (non-hydrogen) atoms. The number of benzene rings is 2. The Morgan fingerprint density at radius 3 is 2.69 bits per heavy atom. The summed E-state index contributed by atoms with van der Waals surface area (Å²) in [6.45, 7) is 5.16. The molecule has 0 spiro atoms. The number of nitrogens with one attached hydrogen (secondary N) is 1. The van der Waals surface area contributed by atoms with Gasteiger partial charge in [-0.25, -0.2) is 4.99 Å². The van der Waals surface area contributed by atoms with Crippen LogP contribution in [0.15, 0.2) is 100 Å². The van der Waals surface area contributed by atoms with Gasteiger partial charge in [-0.05, 0) is 61.5 Å². The standard InChI is InChI=1S/C30H36N4O/c1-22-8-10-24(11-9-22)18-30(23(2)35-19-25-6-4-3-5-7-25)34-21-32-20-33-27-14-12-26-13-17-29(31)28(26)16-15-27/h3-12,14-16,21,23,26,29,33H,13,17-20,31H2,1-2H3/b32-21-,34-30?. The van der Waals surface area contributed by atoms with Crippen LogP contribution in [0, 0.1) is 12.8 Å². The molecule has 3 atom stereocenters. The van der Waals surface area contributed by atoms with Crippen LogP contribution in [0.1, 0.15) is 36.5 Å². The average Bonchev–Trinajstić information content (AvgIpc) is 3.10. The third-order valence-corrected chi connectivity index (χ3v) is 6.61. The Labute approximate surface area is 209 Å². The summed E-state index contributed by atoms with van der Waals surface area (Å²) < 4.78 is 6.15. The van der Waals surface area contributed by atoms with Gasteiger partial charge in [-0.3, -0.25) is 4.99 Å². The van der Waals surface area contributed by atoms with Gasteiger partial charge in [-0.2, -0.15) is 0 Å². The van der Waals surface area contributed by atoms with Crippen LogP contribution in [-0.2, 0) is 17.8 Å². The van der Waals surface area contributed by atoms with Gasteiger partial charge in [0, 0.05) is 18.2 Å². The highest BCUT2D eigenvalue weighted by Crippen LogP contribution is 2.32. The largest absolute Gasteiger partial charge is 0.368 e. The van der Waals surface area contributed by atoms with E-state index in [1.54, 1.807) is 6.34 Å². The Hall–Kier alpha value is -3.28. The molecule has 2 aromatic rings. The molecule has 0 amide bonds. The summed E-state index contributed by atoms with van der Waals surface area (Å²) in [6, 6.07) is 19.0. The first kappa shape index (κ1) is 24.8. The van der Waals surface area contributed by atoms with Gasteiger partial charge < -0.3 is 15.8 Å². The number of hydrogen-bond acceptors (Lipinski definition) is 4. The van der Waals surface area contributed by atoms with Crippen LogP contribution in [0.3, 0.4) is 0 Å².